The van der Waals surface area contributed by atoms with Gasteiger partial charge in [-0.3, -0.25) is 4.98 Å². The zero-order chi connectivity index (χ0) is 8.10. The smallest absolute Gasteiger partial charge is 0.0736 e. The number of nitrogens with two attached hydrogens (primary N) is 1. The molecule has 68 valence electrons. The van der Waals surface area contributed by atoms with Crippen molar-refractivity contribution in [3.63, 3.8) is 0 Å². The SMILES string of the molecule is CCCNc1ccncc1N.Cl. The molecule has 0 amide bonds. The number of hydrogen-bond donors (Lipinski definition) is 2. The van der Waals surface area contributed by atoms with Gasteiger partial charge in [0.25, 0.3) is 0 Å². The second kappa shape index (κ2) is 5.66. The molecule has 0 saturated heterocycles. The zero-order valence-corrected chi connectivity index (χ0v) is 7.90. The van der Waals surface area contributed by atoms with E-state index in [0.29, 0.717) is 5.69 Å². The van der Waals surface area contributed by atoms with Gasteiger partial charge in [-0.15, -0.1) is 12.4 Å². The maximum Gasteiger partial charge on any atom is 0.0736 e. The van der Waals surface area contributed by atoms with Gasteiger partial charge in [-0.05, 0) is 12.5 Å². The summed E-state index contributed by atoms with van der Waals surface area (Å²) in [7, 11) is 0. The molecule has 0 aliphatic heterocycles. The lowest BCUT2D eigenvalue weighted by atomic mass is 10.3. The minimum absolute atomic E-state index is 0. The Morgan fingerprint density at radius 1 is 1.58 bits per heavy atom. The third kappa shape index (κ3) is 2.96. The quantitative estimate of drug-likeness (QED) is 0.760. The van der Waals surface area contributed by atoms with E-state index in [1.807, 2.05) is 6.07 Å². The number of halogens is 1. The first kappa shape index (κ1) is 11.0. The van der Waals surface area contributed by atoms with E-state index >= 15 is 0 Å². The van der Waals surface area contributed by atoms with Crippen LogP contribution in [0.2, 0.25) is 0 Å². The number of rotatable bonds is 3. The summed E-state index contributed by atoms with van der Waals surface area (Å²) >= 11 is 0. The Labute approximate surface area is 78.8 Å². The summed E-state index contributed by atoms with van der Waals surface area (Å²) in [6.07, 6.45) is 4.48. The van der Waals surface area contributed by atoms with E-state index in [4.69, 9.17) is 5.73 Å². The molecule has 1 aromatic rings. The lowest BCUT2D eigenvalue weighted by Crippen LogP contribution is -2.02. The molecule has 12 heavy (non-hydrogen) atoms. The fourth-order valence-corrected chi connectivity index (χ4v) is 0.827. The summed E-state index contributed by atoms with van der Waals surface area (Å²) in [6, 6.07) is 1.88. The second-order valence-electron chi connectivity index (χ2n) is 2.39. The van der Waals surface area contributed by atoms with Gasteiger partial charge in [0, 0.05) is 12.7 Å². The highest BCUT2D eigenvalue weighted by Gasteiger charge is 1.93. The lowest BCUT2D eigenvalue weighted by Gasteiger charge is -2.05. The van der Waals surface area contributed by atoms with Gasteiger partial charge < -0.3 is 11.1 Å². The van der Waals surface area contributed by atoms with Crippen LogP contribution < -0.4 is 11.1 Å². The first-order valence-corrected chi connectivity index (χ1v) is 3.78. The van der Waals surface area contributed by atoms with Crippen molar-refractivity contribution in [3.8, 4) is 0 Å². The van der Waals surface area contributed by atoms with Gasteiger partial charge in [-0.1, -0.05) is 6.92 Å². The monoisotopic (exact) mass is 187 g/mol. The Hall–Kier alpha value is -0.960. The molecule has 4 heteroatoms. The van der Waals surface area contributed by atoms with Gasteiger partial charge in [0.05, 0.1) is 17.6 Å². The third-order valence-corrected chi connectivity index (χ3v) is 1.42. The van der Waals surface area contributed by atoms with Crippen molar-refractivity contribution >= 4 is 23.8 Å². The highest BCUT2D eigenvalue weighted by molar-refractivity contribution is 5.85. The van der Waals surface area contributed by atoms with Crippen LogP contribution in [-0.4, -0.2) is 11.5 Å². The number of pyridine rings is 1. The van der Waals surface area contributed by atoms with Crippen molar-refractivity contribution in [2.24, 2.45) is 0 Å². The fourth-order valence-electron chi connectivity index (χ4n) is 0.827. The molecule has 0 saturated carbocycles. The van der Waals surface area contributed by atoms with Gasteiger partial charge in [0.15, 0.2) is 0 Å². The standard InChI is InChI=1S/C8H13N3.ClH/c1-2-4-11-8-3-5-10-6-7(8)9;/h3,5-6H,2,4,9H2,1H3,(H,10,11);1H. The first-order chi connectivity index (χ1) is 5.34. The molecule has 0 bridgehead atoms. The van der Waals surface area contributed by atoms with Crippen LogP contribution in [0.1, 0.15) is 13.3 Å². The van der Waals surface area contributed by atoms with Gasteiger partial charge in [0.2, 0.25) is 0 Å². The van der Waals surface area contributed by atoms with Crippen molar-refractivity contribution in [2.75, 3.05) is 17.6 Å². The van der Waals surface area contributed by atoms with E-state index in [2.05, 4.69) is 17.2 Å². The van der Waals surface area contributed by atoms with Gasteiger partial charge in [-0.2, -0.15) is 0 Å². The molecule has 0 aliphatic rings. The van der Waals surface area contributed by atoms with E-state index < -0.39 is 0 Å². The molecule has 0 radical (unpaired) electrons. The summed E-state index contributed by atoms with van der Waals surface area (Å²) in [6.45, 7) is 3.07. The van der Waals surface area contributed by atoms with Crippen LogP contribution in [0.4, 0.5) is 11.4 Å². The maximum absolute atomic E-state index is 5.64. The molecule has 0 aliphatic carbocycles. The van der Waals surface area contributed by atoms with Crippen LogP contribution in [0.5, 0.6) is 0 Å². The number of nitrogens with one attached hydrogen (secondary N) is 1. The number of aromatic nitrogens is 1. The van der Waals surface area contributed by atoms with E-state index in [0.717, 1.165) is 18.7 Å². The number of hydrogen-bond acceptors (Lipinski definition) is 3. The topological polar surface area (TPSA) is 50.9 Å². The van der Waals surface area contributed by atoms with Crippen LogP contribution in [0, 0.1) is 0 Å². The highest BCUT2D eigenvalue weighted by Crippen LogP contribution is 2.14. The third-order valence-electron chi connectivity index (χ3n) is 1.42. The van der Waals surface area contributed by atoms with Crippen LogP contribution in [0.15, 0.2) is 18.5 Å². The number of nitrogens with zero attached hydrogens (tertiary/aromatic N) is 1. The zero-order valence-electron chi connectivity index (χ0n) is 7.08. The minimum atomic E-state index is 0. The summed E-state index contributed by atoms with van der Waals surface area (Å²) in [5.74, 6) is 0. The Balaban J connectivity index is 0.00000121. The molecule has 0 fully saturated rings. The molecular formula is C8H14ClN3. The van der Waals surface area contributed by atoms with Crippen LogP contribution in [-0.2, 0) is 0 Å². The Morgan fingerprint density at radius 3 is 2.92 bits per heavy atom. The molecule has 3 N–H and O–H groups in total. The first-order valence-electron chi connectivity index (χ1n) is 3.78. The van der Waals surface area contributed by atoms with Crippen LogP contribution >= 0.6 is 12.4 Å². The van der Waals surface area contributed by atoms with Gasteiger partial charge >= 0.3 is 0 Å². The highest BCUT2D eigenvalue weighted by atomic mass is 35.5. The molecular weight excluding hydrogens is 174 g/mol. The minimum Gasteiger partial charge on any atom is -0.396 e. The van der Waals surface area contributed by atoms with Crippen molar-refractivity contribution < 1.29 is 0 Å². The Morgan fingerprint density at radius 2 is 2.33 bits per heavy atom. The van der Waals surface area contributed by atoms with E-state index in [1.165, 1.54) is 0 Å². The molecule has 1 aromatic heterocycles. The Kier molecular flexibility index (Phi) is 5.21. The van der Waals surface area contributed by atoms with Crippen molar-refractivity contribution in [1.29, 1.82) is 0 Å². The van der Waals surface area contributed by atoms with E-state index in [9.17, 15) is 0 Å². The average Bonchev–Trinajstić information content (AvgIpc) is 2.03. The van der Waals surface area contributed by atoms with Crippen molar-refractivity contribution in [3.05, 3.63) is 18.5 Å². The van der Waals surface area contributed by atoms with Crippen molar-refractivity contribution in [1.82, 2.24) is 4.98 Å². The van der Waals surface area contributed by atoms with Crippen LogP contribution in [0.25, 0.3) is 0 Å². The molecule has 0 unspecified atom stereocenters. The normalized spacial score (nSPS) is 8.75. The summed E-state index contributed by atoms with van der Waals surface area (Å²) < 4.78 is 0. The number of anilines is 2. The molecule has 3 nitrogen and oxygen atoms in total. The molecule has 0 aromatic carbocycles. The summed E-state index contributed by atoms with van der Waals surface area (Å²) in [5, 5.41) is 3.20. The predicted octanol–water partition coefficient (Wildman–Crippen LogP) is 1.91. The van der Waals surface area contributed by atoms with Gasteiger partial charge in [0.1, 0.15) is 0 Å². The van der Waals surface area contributed by atoms with E-state index in [1.54, 1.807) is 12.4 Å². The maximum atomic E-state index is 5.64. The molecule has 1 heterocycles. The Bertz CT molecular complexity index is 227. The largest absolute Gasteiger partial charge is 0.396 e. The summed E-state index contributed by atoms with van der Waals surface area (Å²) in [4.78, 5) is 3.89. The predicted molar refractivity (Wildman–Crippen MR) is 54.7 cm³/mol. The molecule has 1 rings (SSSR count). The van der Waals surface area contributed by atoms with Gasteiger partial charge in [-0.25, -0.2) is 0 Å². The lowest BCUT2D eigenvalue weighted by molar-refractivity contribution is 0.979. The van der Waals surface area contributed by atoms with Crippen molar-refractivity contribution in [2.45, 2.75) is 13.3 Å². The molecule has 0 atom stereocenters. The number of nitrogen functional groups attached to an aromatic ring is 1. The average molecular weight is 188 g/mol. The molecule has 0 spiro atoms. The fraction of sp³-hybridized carbons (Fsp3) is 0.375. The van der Waals surface area contributed by atoms with E-state index in [-0.39, 0.29) is 12.4 Å². The summed E-state index contributed by atoms with van der Waals surface area (Å²) in [5.41, 5.74) is 7.32. The van der Waals surface area contributed by atoms with Crippen LogP contribution in [0.3, 0.4) is 0 Å². The second-order valence-corrected chi connectivity index (χ2v) is 2.39.